The zero-order valence-electron chi connectivity index (χ0n) is 34.2. The largest absolute Gasteiger partial charge is 0.481 e. The number of thioether (sulfide) groups is 1. The molecule has 326 valence electrons. The average Bonchev–Trinajstić information content (AvgIpc) is 3.61. The van der Waals surface area contributed by atoms with Crippen molar-refractivity contribution < 1.29 is 43.6 Å². The number of unbranched alkanes of at least 4 members (excludes halogenated alkanes) is 2. The molecule has 0 radical (unpaired) electrons. The molecule has 1 fully saturated rings. The molecule has 1 saturated heterocycles. The van der Waals surface area contributed by atoms with Crippen molar-refractivity contribution in [3.8, 4) is 0 Å². The minimum absolute atomic E-state index is 0.0768. The van der Waals surface area contributed by atoms with Gasteiger partial charge in [0, 0.05) is 64.3 Å². The number of anilines is 2. The van der Waals surface area contributed by atoms with Gasteiger partial charge in [-0.3, -0.25) is 24.1 Å². The molecular weight excluding hydrogens is 783 g/mol. The van der Waals surface area contributed by atoms with Crippen molar-refractivity contribution in [3.05, 3.63) is 47.2 Å². The van der Waals surface area contributed by atoms with E-state index >= 15 is 0 Å². The molecule has 0 bridgehead atoms. The second-order valence-corrected chi connectivity index (χ2v) is 15.6. The predicted molar refractivity (Wildman–Crippen MR) is 226 cm³/mol. The highest BCUT2D eigenvalue weighted by Gasteiger charge is 2.25. The van der Waals surface area contributed by atoms with Crippen LogP contribution in [0.3, 0.4) is 0 Å². The Balaban J connectivity index is 1.05. The van der Waals surface area contributed by atoms with Gasteiger partial charge in [0.25, 0.3) is 0 Å². The van der Waals surface area contributed by atoms with E-state index in [1.54, 1.807) is 0 Å². The third-order valence-electron chi connectivity index (χ3n) is 9.78. The highest BCUT2D eigenvalue weighted by atomic mass is 32.2. The smallest absolute Gasteiger partial charge is 0.321 e. The highest BCUT2D eigenvalue weighted by Crippen LogP contribution is 2.25. The van der Waals surface area contributed by atoms with E-state index in [1.807, 2.05) is 17.2 Å². The van der Waals surface area contributed by atoms with Crippen LogP contribution in [0.25, 0.3) is 11.0 Å². The number of fused-ring (bicyclic) bond motifs is 1. The Labute approximate surface area is 349 Å². The lowest BCUT2D eigenvalue weighted by atomic mass is 10.0. The number of benzene rings is 1. The summed E-state index contributed by atoms with van der Waals surface area (Å²) in [5.74, 6) is -1.90. The number of aliphatic carboxylic acids is 2. The molecule has 1 aliphatic rings. The van der Waals surface area contributed by atoms with Gasteiger partial charge in [0.1, 0.15) is 11.6 Å². The lowest BCUT2D eigenvalue weighted by Crippen LogP contribution is -2.48. The maximum atomic E-state index is 12.8. The first-order valence-electron chi connectivity index (χ1n) is 20.2. The molecule has 19 heteroatoms. The molecule has 0 unspecified atom stereocenters. The molecular formula is C40H61N9O9S. The first kappa shape index (κ1) is 47.2. The monoisotopic (exact) mass is 843 g/mol. The zero-order chi connectivity index (χ0) is 42.6. The van der Waals surface area contributed by atoms with Crippen LogP contribution in [-0.4, -0.2) is 154 Å². The van der Waals surface area contributed by atoms with Crippen LogP contribution >= 0.6 is 11.8 Å². The number of aryl methyl sites for hydroxylation is 1. The molecule has 8 N–H and O–H groups in total. The number of nitrogens with one attached hydrogen (secondary N) is 2. The van der Waals surface area contributed by atoms with Crippen LogP contribution in [-0.2, 0) is 46.5 Å². The number of carbonyl (C=O) groups is 4. The molecule has 2 amide bonds. The zero-order valence-corrected chi connectivity index (χ0v) is 35.1. The van der Waals surface area contributed by atoms with E-state index in [2.05, 4.69) is 62.1 Å². The summed E-state index contributed by atoms with van der Waals surface area (Å²) in [6.07, 6.45) is 5.27. The molecule has 2 aromatic heterocycles. The summed E-state index contributed by atoms with van der Waals surface area (Å²) < 4.78 is 18.7. The van der Waals surface area contributed by atoms with E-state index in [1.165, 1.54) is 16.7 Å². The number of nitrogen functional groups attached to an aromatic ring is 1. The number of rotatable bonds is 28. The first-order valence-corrected chi connectivity index (χ1v) is 21.3. The fourth-order valence-electron chi connectivity index (χ4n) is 6.49. The second-order valence-electron chi connectivity index (χ2n) is 14.4. The summed E-state index contributed by atoms with van der Waals surface area (Å²) in [5, 5.41) is 23.1. The normalized spacial score (nSPS) is 14.3. The van der Waals surface area contributed by atoms with Gasteiger partial charge in [-0.2, -0.15) is 4.98 Å². The maximum absolute atomic E-state index is 12.8. The molecule has 1 aromatic carbocycles. The van der Waals surface area contributed by atoms with Gasteiger partial charge in [-0.15, -0.1) is 11.8 Å². The molecule has 0 aliphatic carbocycles. The number of aromatic nitrogens is 3. The van der Waals surface area contributed by atoms with Crippen LogP contribution in [0.1, 0.15) is 55.7 Å². The van der Waals surface area contributed by atoms with Crippen molar-refractivity contribution in [2.75, 3.05) is 95.7 Å². The van der Waals surface area contributed by atoms with Crippen molar-refractivity contribution in [1.82, 2.24) is 29.7 Å². The van der Waals surface area contributed by atoms with E-state index in [0.29, 0.717) is 52.5 Å². The Bertz CT molecular complexity index is 1810. The van der Waals surface area contributed by atoms with Gasteiger partial charge in [0.2, 0.25) is 17.8 Å². The highest BCUT2D eigenvalue weighted by molar-refractivity contribution is 8.00. The molecule has 2 atom stereocenters. The van der Waals surface area contributed by atoms with E-state index < -0.39 is 35.6 Å². The minimum Gasteiger partial charge on any atom is -0.481 e. The molecule has 0 saturated carbocycles. The van der Waals surface area contributed by atoms with Gasteiger partial charge in [-0.1, -0.05) is 38.0 Å². The summed E-state index contributed by atoms with van der Waals surface area (Å²) in [6, 6.07) is 7.43. The van der Waals surface area contributed by atoms with Crippen molar-refractivity contribution in [2.24, 2.45) is 5.73 Å². The van der Waals surface area contributed by atoms with E-state index in [-0.39, 0.29) is 37.4 Å². The second kappa shape index (κ2) is 25.2. The standard InChI is InChI=1S/C40H61N9O9S/c1-3-4-5-10-43-37-36-32(45-40(42)46-37)8-12-49(36)26-30-7-6-29(23-28(30)2)25-47-13-15-48(16-14-47)34(50)9-17-56-19-21-58-22-20-57-18-11-44-38(53)33(24-35(51)52)59-27-31(41)39(54)55/h6-8,12,23,31,33H,3-5,9-11,13-22,24-27,41H2,1-2H3,(H,44,53)(H,51,52)(H,54,55)(H3,42,43,45,46)/t31-,33+/m0/s1. The number of carboxylic acid groups (broad SMARTS) is 2. The van der Waals surface area contributed by atoms with Crippen LogP contribution in [0.15, 0.2) is 30.5 Å². The Kier molecular flexibility index (Phi) is 20.1. The Morgan fingerprint density at radius 1 is 0.915 bits per heavy atom. The quantitative estimate of drug-likeness (QED) is 0.0573. The lowest BCUT2D eigenvalue weighted by Gasteiger charge is -2.35. The van der Waals surface area contributed by atoms with Gasteiger partial charge in [0.05, 0.1) is 63.2 Å². The fraction of sp³-hybridized carbons (Fsp3) is 0.600. The number of amides is 2. The summed E-state index contributed by atoms with van der Waals surface area (Å²) in [5.41, 5.74) is 16.9. The Morgan fingerprint density at radius 2 is 1.63 bits per heavy atom. The fourth-order valence-corrected chi connectivity index (χ4v) is 7.57. The molecule has 59 heavy (non-hydrogen) atoms. The topological polar surface area (TPSA) is 250 Å². The van der Waals surface area contributed by atoms with Crippen LogP contribution in [0.5, 0.6) is 0 Å². The van der Waals surface area contributed by atoms with Gasteiger partial charge in [0.15, 0.2) is 5.82 Å². The number of nitrogens with zero attached hydrogens (tertiary/aromatic N) is 5. The molecule has 1 aliphatic heterocycles. The SMILES string of the molecule is CCCCCNc1nc(N)nc2ccn(Cc3ccc(CN4CCN(C(=O)CCOCCOCCOCCNC(=O)[C@@H](CC(=O)O)SC[C@H](N)C(=O)O)CC4)cc3C)c12. The number of ether oxygens (including phenoxy) is 3. The van der Waals surface area contributed by atoms with Crippen LogP contribution in [0, 0.1) is 6.92 Å². The number of hydrogen-bond acceptors (Lipinski definition) is 14. The summed E-state index contributed by atoms with van der Waals surface area (Å²) in [6.45, 7) is 11.6. The molecule has 3 heterocycles. The number of carboxylic acids is 2. The molecule has 0 spiro atoms. The third kappa shape index (κ3) is 16.2. The van der Waals surface area contributed by atoms with E-state index in [4.69, 9.17) is 35.9 Å². The number of nitrogens with two attached hydrogens (primary N) is 2. The molecule has 18 nitrogen and oxygen atoms in total. The van der Waals surface area contributed by atoms with E-state index in [0.717, 1.165) is 74.1 Å². The van der Waals surface area contributed by atoms with Crippen LogP contribution < -0.4 is 22.1 Å². The van der Waals surface area contributed by atoms with Crippen LogP contribution in [0.2, 0.25) is 0 Å². The Morgan fingerprint density at radius 3 is 2.31 bits per heavy atom. The average molecular weight is 844 g/mol. The minimum atomic E-state index is -1.22. The Hall–Kier alpha value is -4.53. The van der Waals surface area contributed by atoms with Gasteiger partial charge >= 0.3 is 11.9 Å². The number of piperazine rings is 1. The summed E-state index contributed by atoms with van der Waals surface area (Å²) >= 11 is 0.889. The summed E-state index contributed by atoms with van der Waals surface area (Å²) in [4.78, 5) is 60.4. The van der Waals surface area contributed by atoms with Crippen LogP contribution in [0.4, 0.5) is 11.8 Å². The van der Waals surface area contributed by atoms with Crippen molar-refractivity contribution in [3.63, 3.8) is 0 Å². The van der Waals surface area contributed by atoms with Gasteiger partial charge < -0.3 is 56.0 Å². The maximum Gasteiger partial charge on any atom is 0.321 e. The number of carbonyl (C=O) groups excluding carboxylic acids is 2. The van der Waals surface area contributed by atoms with E-state index in [9.17, 15) is 19.2 Å². The third-order valence-corrected chi connectivity index (χ3v) is 11.1. The van der Waals surface area contributed by atoms with Crippen molar-refractivity contribution in [1.29, 1.82) is 0 Å². The predicted octanol–water partition coefficient (Wildman–Crippen LogP) is 2.16. The van der Waals surface area contributed by atoms with Gasteiger partial charge in [-0.25, -0.2) is 4.98 Å². The molecule has 4 rings (SSSR count). The van der Waals surface area contributed by atoms with Crippen molar-refractivity contribution >= 4 is 58.3 Å². The molecule has 3 aromatic rings. The lowest BCUT2D eigenvalue weighted by molar-refractivity contribution is -0.138. The first-order chi connectivity index (χ1) is 28.4. The number of hydrogen-bond donors (Lipinski definition) is 6. The van der Waals surface area contributed by atoms with Crippen molar-refractivity contribution in [2.45, 2.75) is 70.3 Å². The summed E-state index contributed by atoms with van der Waals surface area (Å²) in [7, 11) is 0. The van der Waals surface area contributed by atoms with Gasteiger partial charge in [-0.05, 0) is 36.1 Å².